The lowest BCUT2D eigenvalue weighted by molar-refractivity contribution is 0.658. The monoisotopic (exact) mass is 219 g/mol. The van der Waals surface area contributed by atoms with E-state index in [1.54, 1.807) is 0 Å². The minimum atomic E-state index is 0.807. The van der Waals surface area contributed by atoms with Gasteiger partial charge in [0.05, 0.1) is 24.8 Å². The standard InChI is InChI=1S/C11H17N5/c1-3-16-7-10(4-14-16)6-15-8-11(5-12-2)13-9-15/h4,7-9,12H,3,5-6H2,1-2H3. The summed E-state index contributed by atoms with van der Waals surface area (Å²) in [7, 11) is 1.92. The van der Waals surface area contributed by atoms with Crippen LogP contribution < -0.4 is 5.32 Å². The molecule has 86 valence electrons. The van der Waals surface area contributed by atoms with Crippen molar-refractivity contribution < 1.29 is 0 Å². The fourth-order valence-corrected chi connectivity index (χ4v) is 1.64. The van der Waals surface area contributed by atoms with Crippen molar-refractivity contribution in [2.24, 2.45) is 0 Å². The summed E-state index contributed by atoms with van der Waals surface area (Å²) in [5.41, 5.74) is 2.26. The molecule has 0 amide bonds. The maximum Gasteiger partial charge on any atom is 0.0953 e. The van der Waals surface area contributed by atoms with Gasteiger partial charge in [0.25, 0.3) is 0 Å². The highest BCUT2D eigenvalue weighted by atomic mass is 15.3. The zero-order chi connectivity index (χ0) is 11.4. The lowest BCUT2D eigenvalue weighted by Crippen LogP contribution is -2.05. The molecule has 0 aliphatic rings. The molecule has 0 aromatic carbocycles. The first-order valence-electron chi connectivity index (χ1n) is 5.48. The summed E-state index contributed by atoms with van der Waals surface area (Å²) in [5.74, 6) is 0. The summed E-state index contributed by atoms with van der Waals surface area (Å²) >= 11 is 0. The molecule has 2 aromatic heterocycles. The van der Waals surface area contributed by atoms with E-state index in [4.69, 9.17) is 0 Å². The second-order valence-corrected chi connectivity index (χ2v) is 3.77. The molecule has 0 saturated carbocycles. The molecule has 0 unspecified atom stereocenters. The van der Waals surface area contributed by atoms with Gasteiger partial charge in [0, 0.05) is 31.0 Å². The van der Waals surface area contributed by atoms with Crippen LogP contribution in [0.15, 0.2) is 24.9 Å². The Morgan fingerprint density at radius 1 is 1.38 bits per heavy atom. The predicted octanol–water partition coefficient (Wildman–Crippen LogP) is 0.867. The van der Waals surface area contributed by atoms with Crippen molar-refractivity contribution in [3.63, 3.8) is 0 Å². The van der Waals surface area contributed by atoms with Crippen LogP contribution in [0.2, 0.25) is 0 Å². The van der Waals surface area contributed by atoms with Gasteiger partial charge in [-0.15, -0.1) is 0 Å². The van der Waals surface area contributed by atoms with E-state index in [1.165, 1.54) is 5.56 Å². The Bertz CT molecular complexity index is 443. The van der Waals surface area contributed by atoms with E-state index in [-0.39, 0.29) is 0 Å². The van der Waals surface area contributed by atoms with Gasteiger partial charge in [-0.3, -0.25) is 4.68 Å². The highest BCUT2D eigenvalue weighted by Crippen LogP contribution is 2.03. The number of nitrogens with zero attached hydrogens (tertiary/aromatic N) is 4. The molecule has 0 aliphatic heterocycles. The van der Waals surface area contributed by atoms with Gasteiger partial charge < -0.3 is 9.88 Å². The molecule has 16 heavy (non-hydrogen) atoms. The van der Waals surface area contributed by atoms with Crippen molar-refractivity contribution in [2.75, 3.05) is 7.05 Å². The Morgan fingerprint density at radius 3 is 2.94 bits per heavy atom. The minimum absolute atomic E-state index is 0.807. The molecule has 2 aromatic rings. The lowest BCUT2D eigenvalue weighted by Gasteiger charge is -1.97. The smallest absolute Gasteiger partial charge is 0.0953 e. The van der Waals surface area contributed by atoms with Crippen LogP contribution in [0.5, 0.6) is 0 Å². The Balaban J connectivity index is 2.02. The van der Waals surface area contributed by atoms with Crippen molar-refractivity contribution in [3.05, 3.63) is 36.2 Å². The molecule has 0 saturated heterocycles. The summed E-state index contributed by atoms with van der Waals surface area (Å²) in [5, 5.41) is 7.33. The number of nitrogens with one attached hydrogen (secondary N) is 1. The molecule has 0 fully saturated rings. The molecule has 0 bridgehead atoms. The highest BCUT2D eigenvalue weighted by Gasteiger charge is 2.01. The number of hydrogen-bond donors (Lipinski definition) is 1. The van der Waals surface area contributed by atoms with Gasteiger partial charge in [0.2, 0.25) is 0 Å². The van der Waals surface area contributed by atoms with Crippen LogP contribution in [0, 0.1) is 0 Å². The Hall–Kier alpha value is -1.62. The van der Waals surface area contributed by atoms with E-state index in [9.17, 15) is 0 Å². The van der Waals surface area contributed by atoms with Crippen molar-refractivity contribution in [1.29, 1.82) is 0 Å². The molecule has 1 N–H and O–H groups in total. The number of aromatic nitrogens is 4. The normalized spacial score (nSPS) is 10.9. The Labute approximate surface area is 95.1 Å². The van der Waals surface area contributed by atoms with E-state index >= 15 is 0 Å². The van der Waals surface area contributed by atoms with Crippen LogP contribution in [-0.4, -0.2) is 26.4 Å². The second kappa shape index (κ2) is 4.94. The van der Waals surface area contributed by atoms with Crippen molar-refractivity contribution in [3.8, 4) is 0 Å². The number of imidazole rings is 1. The molecule has 5 nitrogen and oxygen atoms in total. The number of aryl methyl sites for hydroxylation is 1. The average Bonchev–Trinajstić information content (AvgIpc) is 2.89. The van der Waals surface area contributed by atoms with Gasteiger partial charge in [-0.1, -0.05) is 0 Å². The molecular formula is C11H17N5. The number of rotatable bonds is 5. The molecule has 2 heterocycles. The zero-order valence-corrected chi connectivity index (χ0v) is 9.72. The maximum absolute atomic E-state index is 4.30. The fraction of sp³-hybridized carbons (Fsp3) is 0.455. The van der Waals surface area contributed by atoms with Crippen molar-refractivity contribution in [2.45, 2.75) is 26.6 Å². The largest absolute Gasteiger partial charge is 0.333 e. The van der Waals surface area contributed by atoms with E-state index in [0.29, 0.717) is 0 Å². The van der Waals surface area contributed by atoms with E-state index in [1.807, 2.05) is 24.3 Å². The van der Waals surface area contributed by atoms with Crippen LogP contribution in [0.1, 0.15) is 18.2 Å². The summed E-state index contributed by atoms with van der Waals surface area (Å²) in [4.78, 5) is 4.30. The average molecular weight is 219 g/mol. The molecule has 2 rings (SSSR count). The third-order valence-corrected chi connectivity index (χ3v) is 2.42. The molecule has 0 spiro atoms. The third-order valence-electron chi connectivity index (χ3n) is 2.42. The fourth-order valence-electron chi connectivity index (χ4n) is 1.64. The molecule has 0 aliphatic carbocycles. The first-order valence-corrected chi connectivity index (χ1v) is 5.48. The summed E-state index contributed by atoms with van der Waals surface area (Å²) < 4.78 is 4.00. The maximum atomic E-state index is 4.30. The Morgan fingerprint density at radius 2 is 2.25 bits per heavy atom. The molecule has 0 atom stereocenters. The van der Waals surface area contributed by atoms with Gasteiger partial charge >= 0.3 is 0 Å². The van der Waals surface area contributed by atoms with Gasteiger partial charge in [-0.2, -0.15) is 5.10 Å². The lowest BCUT2D eigenvalue weighted by atomic mass is 10.3. The van der Waals surface area contributed by atoms with Crippen molar-refractivity contribution in [1.82, 2.24) is 24.6 Å². The van der Waals surface area contributed by atoms with Gasteiger partial charge in [0.15, 0.2) is 0 Å². The Kier molecular flexibility index (Phi) is 3.36. The third kappa shape index (κ3) is 2.49. The van der Waals surface area contributed by atoms with Crippen LogP contribution in [-0.2, 0) is 19.6 Å². The van der Waals surface area contributed by atoms with Gasteiger partial charge in [-0.25, -0.2) is 4.98 Å². The predicted molar refractivity (Wildman–Crippen MR) is 62.0 cm³/mol. The van der Waals surface area contributed by atoms with Crippen LogP contribution in [0.3, 0.4) is 0 Å². The van der Waals surface area contributed by atoms with Crippen molar-refractivity contribution >= 4 is 0 Å². The first-order chi connectivity index (χ1) is 7.81. The number of hydrogen-bond acceptors (Lipinski definition) is 3. The van der Waals surface area contributed by atoms with Gasteiger partial charge in [-0.05, 0) is 14.0 Å². The van der Waals surface area contributed by atoms with E-state index in [2.05, 4.69) is 39.3 Å². The second-order valence-electron chi connectivity index (χ2n) is 3.77. The van der Waals surface area contributed by atoms with Crippen LogP contribution in [0.4, 0.5) is 0 Å². The van der Waals surface area contributed by atoms with Crippen LogP contribution in [0.25, 0.3) is 0 Å². The van der Waals surface area contributed by atoms with E-state index in [0.717, 1.165) is 25.3 Å². The van der Waals surface area contributed by atoms with Crippen LogP contribution >= 0.6 is 0 Å². The van der Waals surface area contributed by atoms with E-state index < -0.39 is 0 Å². The summed E-state index contributed by atoms with van der Waals surface area (Å²) in [6, 6.07) is 0. The summed E-state index contributed by atoms with van der Waals surface area (Å²) in [6.07, 6.45) is 7.88. The zero-order valence-electron chi connectivity index (χ0n) is 9.72. The molecule has 5 heteroatoms. The van der Waals surface area contributed by atoms with Gasteiger partial charge in [0.1, 0.15) is 0 Å². The highest BCUT2D eigenvalue weighted by molar-refractivity contribution is 5.06. The first kappa shape index (κ1) is 10.9. The summed E-state index contributed by atoms with van der Waals surface area (Å²) in [6.45, 7) is 4.63. The molecular weight excluding hydrogens is 202 g/mol. The minimum Gasteiger partial charge on any atom is -0.333 e. The molecule has 0 radical (unpaired) electrons. The quantitative estimate of drug-likeness (QED) is 0.811. The SMILES string of the molecule is CCn1cc(Cn2cnc(CNC)c2)cn1. The topological polar surface area (TPSA) is 47.7 Å².